The molecule has 0 bridgehead atoms. The van der Waals surface area contributed by atoms with Gasteiger partial charge >= 0.3 is 0 Å². The van der Waals surface area contributed by atoms with Crippen LogP contribution in [0.5, 0.6) is 0 Å². The number of benzene rings is 1. The summed E-state index contributed by atoms with van der Waals surface area (Å²) in [6.07, 6.45) is 3.92. The largest absolute Gasteiger partial charge is 0.341 e. The van der Waals surface area contributed by atoms with E-state index in [0.29, 0.717) is 24.4 Å². The Kier molecular flexibility index (Phi) is 6.07. The first-order valence-electron chi connectivity index (χ1n) is 7.89. The molecule has 1 aliphatic rings. The summed E-state index contributed by atoms with van der Waals surface area (Å²) < 4.78 is 0. The quantitative estimate of drug-likeness (QED) is 0.831. The van der Waals surface area contributed by atoms with E-state index in [9.17, 15) is 4.79 Å². The molecule has 116 valence electrons. The highest BCUT2D eigenvalue weighted by molar-refractivity contribution is 6.30. The molecule has 1 heterocycles. The molecule has 2 rings (SSSR count). The molecule has 21 heavy (non-hydrogen) atoms. The number of hydrogen-bond acceptors (Lipinski definition) is 2. The molecular weight excluding hydrogens is 284 g/mol. The lowest BCUT2D eigenvalue weighted by Crippen LogP contribution is -2.41. The van der Waals surface area contributed by atoms with Crippen LogP contribution in [0.25, 0.3) is 0 Å². The Hall–Kier alpha value is -1.06. The molecule has 1 amide bonds. The van der Waals surface area contributed by atoms with Crippen LogP contribution in [-0.4, -0.2) is 29.9 Å². The molecule has 1 fully saturated rings. The minimum Gasteiger partial charge on any atom is -0.341 e. The molecule has 2 unspecified atom stereocenters. The number of amides is 1. The first-order valence-corrected chi connectivity index (χ1v) is 8.27. The van der Waals surface area contributed by atoms with Crippen molar-refractivity contribution in [2.45, 2.75) is 51.6 Å². The van der Waals surface area contributed by atoms with E-state index in [1.807, 2.05) is 17.0 Å². The lowest BCUT2D eigenvalue weighted by atomic mass is 10.0. The predicted octanol–water partition coefficient (Wildman–Crippen LogP) is 3.78. The summed E-state index contributed by atoms with van der Waals surface area (Å²) in [6, 6.07) is 8.66. The Balaban J connectivity index is 1.95. The standard InChI is InChI=1S/C17H25ClN2O/c1-3-5-16(14-7-9-15(18)10-8-14)19-13(2)12-20-11-4-6-17(20)21/h7-10,13,16,19H,3-6,11-12H2,1-2H3. The molecule has 1 aromatic carbocycles. The van der Waals surface area contributed by atoms with Gasteiger partial charge in [0.1, 0.15) is 0 Å². The zero-order valence-corrected chi connectivity index (χ0v) is 13.7. The summed E-state index contributed by atoms with van der Waals surface area (Å²) in [6.45, 7) is 6.06. The lowest BCUT2D eigenvalue weighted by Gasteiger charge is -2.27. The molecular formula is C17H25ClN2O. The second kappa shape index (κ2) is 7.81. The Bertz CT molecular complexity index is 460. The van der Waals surface area contributed by atoms with Gasteiger partial charge in [-0.3, -0.25) is 4.79 Å². The topological polar surface area (TPSA) is 32.3 Å². The number of carbonyl (C=O) groups excluding carboxylic acids is 1. The number of halogens is 1. The minimum atomic E-state index is 0.291. The minimum absolute atomic E-state index is 0.291. The predicted molar refractivity (Wildman–Crippen MR) is 87.5 cm³/mol. The number of likely N-dealkylation sites (tertiary alicyclic amines) is 1. The van der Waals surface area contributed by atoms with E-state index in [1.54, 1.807) is 0 Å². The van der Waals surface area contributed by atoms with E-state index >= 15 is 0 Å². The summed E-state index contributed by atoms with van der Waals surface area (Å²) >= 11 is 5.96. The number of nitrogens with one attached hydrogen (secondary N) is 1. The summed E-state index contributed by atoms with van der Waals surface area (Å²) in [4.78, 5) is 13.7. The van der Waals surface area contributed by atoms with Crippen molar-refractivity contribution in [3.63, 3.8) is 0 Å². The molecule has 1 N–H and O–H groups in total. The molecule has 0 radical (unpaired) electrons. The maximum atomic E-state index is 11.7. The third-order valence-electron chi connectivity index (χ3n) is 4.00. The Morgan fingerprint density at radius 2 is 2.05 bits per heavy atom. The van der Waals surface area contributed by atoms with E-state index in [-0.39, 0.29) is 0 Å². The third-order valence-corrected chi connectivity index (χ3v) is 4.25. The highest BCUT2D eigenvalue weighted by Crippen LogP contribution is 2.21. The van der Waals surface area contributed by atoms with Gasteiger partial charge in [0.25, 0.3) is 0 Å². The average molecular weight is 309 g/mol. The van der Waals surface area contributed by atoms with Crippen molar-refractivity contribution in [2.24, 2.45) is 0 Å². The van der Waals surface area contributed by atoms with Crippen molar-refractivity contribution in [1.29, 1.82) is 0 Å². The van der Waals surface area contributed by atoms with Crippen LogP contribution in [0.1, 0.15) is 51.1 Å². The van der Waals surface area contributed by atoms with E-state index < -0.39 is 0 Å². The fourth-order valence-electron chi connectivity index (χ4n) is 2.95. The van der Waals surface area contributed by atoms with E-state index in [0.717, 1.165) is 37.4 Å². The summed E-state index contributed by atoms with van der Waals surface area (Å²) in [7, 11) is 0. The highest BCUT2D eigenvalue weighted by atomic mass is 35.5. The van der Waals surface area contributed by atoms with E-state index in [2.05, 4.69) is 31.3 Å². The van der Waals surface area contributed by atoms with Gasteiger partial charge in [0.15, 0.2) is 0 Å². The maximum Gasteiger partial charge on any atom is 0.222 e. The molecule has 0 aliphatic carbocycles. The number of nitrogens with zero attached hydrogens (tertiary/aromatic N) is 1. The second-order valence-corrected chi connectivity index (χ2v) is 6.34. The van der Waals surface area contributed by atoms with E-state index in [1.165, 1.54) is 5.56 Å². The molecule has 2 atom stereocenters. The van der Waals surface area contributed by atoms with Gasteiger partial charge < -0.3 is 10.2 Å². The maximum absolute atomic E-state index is 11.7. The van der Waals surface area contributed by atoms with Gasteiger partial charge in [-0.05, 0) is 37.5 Å². The van der Waals surface area contributed by atoms with Crippen LogP contribution in [0, 0.1) is 0 Å². The third kappa shape index (κ3) is 4.72. The Morgan fingerprint density at radius 1 is 1.33 bits per heavy atom. The molecule has 1 aromatic rings. The van der Waals surface area contributed by atoms with Gasteiger partial charge in [0.2, 0.25) is 5.91 Å². The molecule has 4 heteroatoms. The molecule has 3 nitrogen and oxygen atoms in total. The molecule has 0 aromatic heterocycles. The van der Waals surface area contributed by atoms with Gasteiger partial charge in [-0.25, -0.2) is 0 Å². The van der Waals surface area contributed by atoms with Gasteiger partial charge in [-0.1, -0.05) is 37.1 Å². The first-order chi connectivity index (χ1) is 10.1. The van der Waals surface area contributed by atoms with Crippen LogP contribution >= 0.6 is 11.6 Å². The van der Waals surface area contributed by atoms with Gasteiger partial charge in [-0.15, -0.1) is 0 Å². The lowest BCUT2D eigenvalue weighted by molar-refractivity contribution is -0.127. The molecule has 0 saturated carbocycles. The van der Waals surface area contributed by atoms with Gasteiger partial charge in [0, 0.05) is 36.6 Å². The number of carbonyl (C=O) groups is 1. The van der Waals surface area contributed by atoms with Crippen LogP contribution in [0.3, 0.4) is 0 Å². The Labute approximate surface area is 132 Å². The van der Waals surface area contributed by atoms with Crippen molar-refractivity contribution < 1.29 is 4.79 Å². The monoisotopic (exact) mass is 308 g/mol. The Morgan fingerprint density at radius 3 is 2.62 bits per heavy atom. The van der Waals surface area contributed by atoms with Crippen LogP contribution in [0.15, 0.2) is 24.3 Å². The molecule has 0 spiro atoms. The fourth-order valence-corrected chi connectivity index (χ4v) is 3.08. The van der Waals surface area contributed by atoms with Crippen LogP contribution in [-0.2, 0) is 4.79 Å². The summed E-state index contributed by atoms with van der Waals surface area (Å²) in [5.41, 5.74) is 1.26. The van der Waals surface area contributed by atoms with Crippen molar-refractivity contribution in [1.82, 2.24) is 10.2 Å². The average Bonchev–Trinajstić information content (AvgIpc) is 2.84. The summed E-state index contributed by atoms with van der Waals surface area (Å²) in [5, 5.41) is 4.43. The van der Waals surface area contributed by atoms with Crippen LogP contribution < -0.4 is 5.32 Å². The van der Waals surface area contributed by atoms with Crippen molar-refractivity contribution in [3.05, 3.63) is 34.9 Å². The fraction of sp³-hybridized carbons (Fsp3) is 0.588. The van der Waals surface area contributed by atoms with Crippen molar-refractivity contribution in [2.75, 3.05) is 13.1 Å². The van der Waals surface area contributed by atoms with E-state index in [4.69, 9.17) is 11.6 Å². The zero-order valence-electron chi connectivity index (χ0n) is 12.9. The molecule has 1 aliphatic heterocycles. The highest BCUT2D eigenvalue weighted by Gasteiger charge is 2.23. The SMILES string of the molecule is CCCC(NC(C)CN1CCCC1=O)c1ccc(Cl)cc1. The van der Waals surface area contributed by atoms with Gasteiger partial charge in [0.05, 0.1) is 0 Å². The van der Waals surface area contributed by atoms with Crippen LogP contribution in [0.2, 0.25) is 5.02 Å². The number of rotatable bonds is 7. The zero-order chi connectivity index (χ0) is 15.2. The second-order valence-electron chi connectivity index (χ2n) is 5.90. The normalized spacial score (nSPS) is 18.0. The van der Waals surface area contributed by atoms with Crippen molar-refractivity contribution >= 4 is 17.5 Å². The van der Waals surface area contributed by atoms with Crippen LogP contribution in [0.4, 0.5) is 0 Å². The van der Waals surface area contributed by atoms with Crippen molar-refractivity contribution in [3.8, 4) is 0 Å². The number of hydrogen-bond donors (Lipinski definition) is 1. The first kappa shape index (κ1) is 16.3. The molecule has 1 saturated heterocycles. The summed E-state index contributed by atoms with van der Waals surface area (Å²) in [5.74, 6) is 0.294. The smallest absolute Gasteiger partial charge is 0.222 e. The van der Waals surface area contributed by atoms with Gasteiger partial charge in [-0.2, -0.15) is 0 Å².